The first-order valence-corrected chi connectivity index (χ1v) is 4.86. The highest BCUT2D eigenvalue weighted by Crippen LogP contribution is 2.33. The standard InChI is InChI=1S/C11H15NO4/c1-11(2,7-13)9-6-8(12(14)15)4-5-10(9)16-3/h4-6,13H,7H2,1-3H3. The van der Waals surface area contributed by atoms with E-state index in [0.29, 0.717) is 11.3 Å². The Labute approximate surface area is 93.8 Å². The molecule has 1 N–H and O–H groups in total. The number of benzene rings is 1. The molecule has 16 heavy (non-hydrogen) atoms. The molecule has 0 aliphatic carbocycles. The van der Waals surface area contributed by atoms with Crippen LogP contribution in [0, 0.1) is 10.1 Å². The van der Waals surface area contributed by atoms with Gasteiger partial charge in [0.05, 0.1) is 18.6 Å². The van der Waals surface area contributed by atoms with Crippen LogP contribution in [0.15, 0.2) is 18.2 Å². The number of hydrogen-bond donors (Lipinski definition) is 1. The normalized spacial score (nSPS) is 11.2. The lowest BCUT2D eigenvalue weighted by Crippen LogP contribution is -2.23. The molecule has 0 amide bonds. The van der Waals surface area contributed by atoms with Gasteiger partial charge in [0, 0.05) is 23.1 Å². The van der Waals surface area contributed by atoms with Crippen molar-refractivity contribution in [2.24, 2.45) is 0 Å². The zero-order valence-electron chi connectivity index (χ0n) is 9.56. The first kappa shape index (κ1) is 12.4. The van der Waals surface area contributed by atoms with Gasteiger partial charge in [-0.2, -0.15) is 0 Å². The van der Waals surface area contributed by atoms with Gasteiger partial charge in [-0.05, 0) is 6.07 Å². The van der Waals surface area contributed by atoms with Gasteiger partial charge in [-0.3, -0.25) is 10.1 Å². The molecule has 0 fully saturated rings. The van der Waals surface area contributed by atoms with Gasteiger partial charge in [-0.15, -0.1) is 0 Å². The van der Waals surface area contributed by atoms with Crippen LogP contribution in [0.1, 0.15) is 19.4 Å². The SMILES string of the molecule is COc1ccc([N+](=O)[O-])cc1C(C)(C)CO. The molecule has 0 saturated carbocycles. The fourth-order valence-corrected chi connectivity index (χ4v) is 1.42. The number of hydrogen-bond acceptors (Lipinski definition) is 4. The van der Waals surface area contributed by atoms with Crippen molar-refractivity contribution in [3.8, 4) is 5.75 Å². The summed E-state index contributed by atoms with van der Waals surface area (Å²) in [6.07, 6.45) is 0. The maximum atomic E-state index is 10.7. The third kappa shape index (κ3) is 2.30. The Morgan fingerprint density at radius 2 is 2.12 bits per heavy atom. The van der Waals surface area contributed by atoms with Crippen LogP contribution >= 0.6 is 0 Å². The van der Waals surface area contributed by atoms with E-state index < -0.39 is 10.3 Å². The van der Waals surface area contributed by atoms with Crippen molar-refractivity contribution >= 4 is 5.69 Å². The maximum Gasteiger partial charge on any atom is 0.269 e. The van der Waals surface area contributed by atoms with Gasteiger partial charge in [-0.1, -0.05) is 13.8 Å². The first-order chi connectivity index (χ1) is 7.42. The Balaban J connectivity index is 3.33. The van der Waals surface area contributed by atoms with Crippen LogP contribution in [0.4, 0.5) is 5.69 Å². The van der Waals surface area contributed by atoms with E-state index in [-0.39, 0.29) is 12.3 Å². The molecule has 0 saturated heterocycles. The van der Waals surface area contributed by atoms with E-state index >= 15 is 0 Å². The molecule has 0 aliphatic heterocycles. The van der Waals surface area contributed by atoms with E-state index in [9.17, 15) is 15.2 Å². The number of methoxy groups -OCH3 is 1. The van der Waals surface area contributed by atoms with Gasteiger partial charge in [0.25, 0.3) is 5.69 Å². The fourth-order valence-electron chi connectivity index (χ4n) is 1.42. The molecule has 0 unspecified atom stereocenters. The summed E-state index contributed by atoms with van der Waals surface area (Å²) in [6, 6.07) is 4.37. The highest BCUT2D eigenvalue weighted by atomic mass is 16.6. The molecular weight excluding hydrogens is 210 g/mol. The van der Waals surface area contributed by atoms with E-state index in [4.69, 9.17) is 4.74 Å². The van der Waals surface area contributed by atoms with Gasteiger partial charge in [-0.25, -0.2) is 0 Å². The first-order valence-electron chi connectivity index (χ1n) is 4.86. The third-order valence-corrected chi connectivity index (χ3v) is 2.52. The molecular formula is C11H15NO4. The average Bonchev–Trinajstić information content (AvgIpc) is 2.28. The van der Waals surface area contributed by atoms with Crippen molar-refractivity contribution in [3.05, 3.63) is 33.9 Å². The molecule has 1 aromatic carbocycles. The van der Waals surface area contributed by atoms with E-state index in [1.807, 2.05) is 0 Å². The maximum absolute atomic E-state index is 10.7. The number of aliphatic hydroxyl groups is 1. The van der Waals surface area contributed by atoms with Gasteiger partial charge in [0.1, 0.15) is 5.75 Å². The molecule has 5 nitrogen and oxygen atoms in total. The minimum atomic E-state index is -0.572. The average molecular weight is 225 g/mol. The lowest BCUT2D eigenvalue weighted by molar-refractivity contribution is -0.385. The number of nitro benzene ring substituents is 1. The number of aliphatic hydroxyl groups excluding tert-OH is 1. The quantitative estimate of drug-likeness (QED) is 0.627. The predicted octanol–water partition coefficient (Wildman–Crippen LogP) is 1.87. The van der Waals surface area contributed by atoms with Crippen molar-refractivity contribution in [3.63, 3.8) is 0 Å². The van der Waals surface area contributed by atoms with Crippen molar-refractivity contribution in [2.75, 3.05) is 13.7 Å². The molecule has 0 heterocycles. The molecule has 1 aromatic rings. The Kier molecular flexibility index (Phi) is 3.49. The van der Waals surface area contributed by atoms with Crippen LogP contribution in [0.25, 0.3) is 0 Å². The van der Waals surface area contributed by atoms with Gasteiger partial charge >= 0.3 is 0 Å². The van der Waals surface area contributed by atoms with Crippen molar-refractivity contribution in [1.82, 2.24) is 0 Å². The second-order valence-corrected chi connectivity index (χ2v) is 4.18. The summed E-state index contributed by atoms with van der Waals surface area (Å²) in [5.41, 5.74) is 0.0567. The van der Waals surface area contributed by atoms with Crippen molar-refractivity contribution in [2.45, 2.75) is 19.3 Å². The minimum Gasteiger partial charge on any atom is -0.496 e. The lowest BCUT2D eigenvalue weighted by Gasteiger charge is -2.24. The molecule has 0 bridgehead atoms. The van der Waals surface area contributed by atoms with E-state index in [1.165, 1.54) is 19.2 Å². The zero-order valence-corrected chi connectivity index (χ0v) is 9.56. The van der Waals surface area contributed by atoms with E-state index in [0.717, 1.165) is 0 Å². The topological polar surface area (TPSA) is 72.6 Å². The number of non-ortho nitro benzene ring substituents is 1. The van der Waals surface area contributed by atoms with E-state index in [1.54, 1.807) is 19.9 Å². The van der Waals surface area contributed by atoms with Gasteiger partial charge < -0.3 is 9.84 Å². The fraction of sp³-hybridized carbons (Fsp3) is 0.455. The molecule has 0 aromatic heterocycles. The molecule has 5 heteroatoms. The van der Waals surface area contributed by atoms with Crippen LogP contribution in [0.2, 0.25) is 0 Å². The summed E-state index contributed by atoms with van der Waals surface area (Å²) in [7, 11) is 1.50. The van der Waals surface area contributed by atoms with Crippen molar-refractivity contribution in [1.29, 1.82) is 0 Å². The molecule has 0 atom stereocenters. The van der Waals surface area contributed by atoms with Crippen LogP contribution in [0.5, 0.6) is 5.75 Å². The van der Waals surface area contributed by atoms with Crippen molar-refractivity contribution < 1.29 is 14.8 Å². The number of nitro groups is 1. The Morgan fingerprint density at radius 3 is 2.56 bits per heavy atom. The number of rotatable bonds is 4. The summed E-state index contributed by atoms with van der Waals surface area (Å²) in [5, 5.41) is 19.9. The van der Waals surface area contributed by atoms with Gasteiger partial charge in [0.15, 0.2) is 0 Å². The van der Waals surface area contributed by atoms with Crippen LogP contribution < -0.4 is 4.74 Å². The molecule has 0 radical (unpaired) electrons. The Hall–Kier alpha value is -1.62. The highest BCUT2D eigenvalue weighted by molar-refractivity contribution is 5.47. The Bertz CT molecular complexity index is 401. The van der Waals surface area contributed by atoms with Crippen LogP contribution in [0.3, 0.4) is 0 Å². The second kappa shape index (κ2) is 4.49. The smallest absolute Gasteiger partial charge is 0.269 e. The summed E-state index contributed by atoms with van der Waals surface area (Å²) in [5.74, 6) is 0.546. The highest BCUT2D eigenvalue weighted by Gasteiger charge is 2.25. The van der Waals surface area contributed by atoms with Crippen LogP contribution in [-0.2, 0) is 5.41 Å². The zero-order chi connectivity index (χ0) is 12.3. The molecule has 88 valence electrons. The number of nitrogens with zero attached hydrogens (tertiary/aromatic N) is 1. The predicted molar refractivity (Wildman–Crippen MR) is 59.8 cm³/mol. The summed E-state index contributed by atoms with van der Waals surface area (Å²) in [4.78, 5) is 10.2. The minimum absolute atomic E-state index is 0.00248. The molecule has 0 spiro atoms. The third-order valence-electron chi connectivity index (χ3n) is 2.52. The largest absolute Gasteiger partial charge is 0.496 e. The molecule has 1 rings (SSSR count). The summed E-state index contributed by atoms with van der Waals surface area (Å²) < 4.78 is 5.13. The number of ether oxygens (including phenoxy) is 1. The summed E-state index contributed by atoms with van der Waals surface area (Å²) in [6.45, 7) is 3.49. The van der Waals surface area contributed by atoms with Gasteiger partial charge in [0.2, 0.25) is 0 Å². The lowest BCUT2D eigenvalue weighted by atomic mass is 9.84. The Morgan fingerprint density at radius 1 is 1.50 bits per heavy atom. The van der Waals surface area contributed by atoms with Crippen LogP contribution in [-0.4, -0.2) is 23.7 Å². The monoisotopic (exact) mass is 225 g/mol. The molecule has 0 aliphatic rings. The van der Waals surface area contributed by atoms with E-state index in [2.05, 4.69) is 0 Å². The second-order valence-electron chi connectivity index (χ2n) is 4.18. The summed E-state index contributed by atoms with van der Waals surface area (Å²) >= 11 is 0.